The van der Waals surface area contributed by atoms with E-state index in [9.17, 15) is 13.2 Å². The van der Waals surface area contributed by atoms with Crippen LogP contribution in [0.15, 0.2) is 88.9 Å². The van der Waals surface area contributed by atoms with Gasteiger partial charge in [0.2, 0.25) is 0 Å². The number of carbonyl (C=O) groups excluding carboxylic acids is 1. The van der Waals surface area contributed by atoms with Gasteiger partial charge in [0.15, 0.2) is 5.71 Å². The fourth-order valence-corrected chi connectivity index (χ4v) is 6.28. The van der Waals surface area contributed by atoms with Gasteiger partial charge in [-0.1, -0.05) is 106 Å². The molecule has 1 fully saturated rings. The molecule has 0 unspecified atom stereocenters. The SMILES string of the molecule is Cc1ccc(S(=O)(=O)N/N=C(/C(=O)O[C@@H]2CCCC[C@H]2C(C)(C)c2ccc(C(C)C)cc2)c2ccccc2)cc1. The van der Waals surface area contributed by atoms with Crippen molar-refractivity contribution in [2.24, 2.45) is 11.0 Å². The number of carbonyl (C=O) groups is 1. The topological polar surface area (TPSA) is 84.8 Å². The number of nitrogens with zero attached hydrogens (tertiary/aromatic N) is 1. The lowest BCUT2D eigenvalue weighted by Gasteiger charge is -2.42. The third-order valence-electron chi connectivity index (χ3n) is 8.06. The minimum atomic E-state index is -3.97. The number of nitrogens with one attached hydrogen (secondary N) is 1. The zero-order valence-electron chi connectivity index (χ0n) is 24.1. The Bertz CT molecular complexity index is 1430. The molecule has 0 radical (unpaired) electrons. The average Bonchev–Trinajstić information content (AvgIpc) is 2.94. The molecule has 0 spiro atoms. The monoisotopic (exact) mass is 560 g/mol. The van der Waals surface area contributed by atoms with Crippen LogP contribution in [0.2, 0.25) is 0 Å². The first-order valence-electron chi connectivity index (χ1n) is 14.0. The van der Waals surface area contributed by atoms with Gasteiger partial charge in [-0.05, 0) is 60.8 Å². The Morgan fingerprint density at radius 3 is 2.17 bits per heavy atom. The van der Waals surface area contributed by atoms with E-state index in [-0.39, 0.29) is 28.0 Å². The molecule has 0 amide bonds. The standard InChI is InChI=1S/C33H40N2O4S/c1-23(2)25-17-19-27(20-18-25)33(4,5)29-13-9-10-14-30(29)39-32(36)31(26-11-7-6-8-12-26)34-35-40(37,38)28-21-15-24(3)16-22-28/h6-8,11-12,15-23,29-30,35H,9-10,13-14H2,1-5H3/b34-31+/t29-,30-/m1/s1. The zero-order valence-corrected chi connectivity index (χ0v) is 24.9. The summed E-state index contributed by atoms with van der Waals surface area (Å²) < 4.78 is 32.0. The van der Waals surface area contributed by atoms with E-state index in [1.807, 2.05) is 13.0 Å². The Labute approximate surface area is 238 Å². The van der Waals surface area contributed by atoms with E-state index in [0.717, 1.165) is 31.2 Å². The van der Waals surface area contributed by atoms with Crippen molar-refractivity contribution in [2.75, 3.05) is 0 Å². The third kappa shape index (κ3) is 6.81. The van der Waals surface area contributed by atoms with Gasteiger partial charge < -0.3 is 4.74 Å². The van der Waals surface area contributed by atoms with Crippen LogP contribution in [-0.2, 0) is 25.0 Å². The molecule has 0 heterocycles. The molecule has 1 saturated carbocycles. The molecule has 3 aromatic rings. The summed E-state index contributed by atoms with van der Waals surface area (Å²) in [4.78, 5) is 16.0. The lowest BCUT2D eigenvalue weighted by Crippen LogP contribution is -2.43. The van der Waals surface area contributed by atoms with Crippen molar-refractivity contribution in [1.82, 2.24) is 4.83 Å². The number of hydrogen-bond acceptors (Lipinski definition) is 5. The maximum atomic E-state index is 13.7. The van der Waals surface area contributed by atoms with Crippen LogP contribution in [0.4, 0.5) is 0 Å². The zero-order chi connectivity index (χ0) is 28.9. The van der Waals surface area contributed by atoms with Gasteiger partial charge in [0.25, 0.3) is 10.0 Å². The summed E-state index contributed by atoms with van der Waals surface area (Å²) in [5.74, 6) is -0.0725. The van der Waals surface area contributed by atoms with E-state index in [4.69, 9.17) is 4.74 Å². The predicted octanol–water partition coefficient (Wildman–Crippen LogP) is 6.88. The predicted molar refractivity (Wildman–Crippen MR) is 160 cm³/mol. The number of aryl methyl sites for hydroxylation is 1. The molecule has 0 aromatic heterocycles. The second-order valence-electron chi connectivity index (χ2n) is 11.6. The van der Waals surface area contributed by atoms with Crippen molar-refractivity contribution in [3.63, 3.8) is 0 Å². The van der Waals surface area contributed by atoms with Crippen molar-refractivity contribution in [1.29, 1.82) is 0 Å². The average molecular weight is 561 g/mol. The van der Waals surface area contributed by atoms with Gasteiger partial charge >= 0.3 is 5.97 Å². The molecule has 212 valence electrons. The fourth-order valence-electron chi connectivity index (χ4n) is 5.47. The van der Waals surface area contributed by atoms with Crippen LogP contribution in [0.3, 0.4) is 0 Å². The first-order chi connectivity index (χ1) is 19.0. The Hall–Kier alpha value is -3.45. The van der Waals surface area contributed by atoms with Crippen molar-refractivity contribution < 1.29 is 17.9 Å². The first-order valence-corrected chi connectivity index (χ1v) is 15.5. The van der Waals surface area contributed by atoms with Crippen LogP contribution in [0.5, 0.6) is 0 Å². The number of hydrazone groups is 1. The molecule has 0 saturated heterocycles. The van der Waals surface area contributed by atoms with Gasteiger partial charge in [-0.3, -0.25) is 0 Å². The Morgan fingerprint density at radius 2 is 1.55 bits per heavy atom. The van der Waals surface area contributed by atoms with Crippen molar-refractivity contribution in [2.45, 2.75) is 82.6 Å². The highest BCUT2D eigenvalue weighted by atomic mass is 32.2. The number of ether oxygens (including phenoxy) is 1. The van der Waals surface area contributed by atoms with E-state index in [1.165, 1.54) is 23.3 Å². The molecule has 0 bridgehead atoms. The number of rotatable bonds is 9. The molecule has 2 atom stereocenters. The molecule has 1 aliphatic carbocycles. The highest BCUT2D eigenvalue weighted by Gasteiger charge is 2.41. The maximum absolute atomic E-state index is 13.7. The smallest absolute Gasteiger partial charge is 0.359 e. The highest BCUT2D eigenvalue weighted by molar-refractivity contribution is 7.89. The van der Waals surface area contributed by atoms with Crippen molar-refractivity contribution in [3.05, 3.63) is 101 Å². The third-order valence-corrected chi connectivity index (χ3v) is 9.28. The normalized spacial score (nSPS) is 18.4. The first kappa shape index (κ1) is 29.5. The lowest BCUT2D eigenvalue weighted by molar-refractivity contribution is -0.146. The molecule has 7 heteroatoms. The van der Waals surface area contributed by atoms with Crippen LogP contribution in [-0.4, -0.2) is 26.2 Å². The summed E-state index contributed by atoms with van der Waals surface area (Å²) in [6.07, 6.45) is 3.41. The number of sulfonamides is 1. The molecular weight excluding hydrogens is 520 g/mol. The van der Waals surface area contributed by atoms with Crippen LogP contribution in [0.1, 0.15) is 81.5 Å². The molecule has 1 N–H and O–H groups in total. The number of esters is 1. The molecule has 6 nitrogen and oxygen atoms in total. The Balaban J connectivity index is 1.60. The van der Waals surface area contributed by atoms with Gasteiger partial charge in [0.05, 0.1) is 4.90 Å². The number of hydrogen-bond donors (Lipinski definition) is 1. The van der Waals surface area contributed by atoms with E-state index >= 15 is 0 Å². The summed E-state index contributed by atoms with van der Waals surface area (Å²) in [5, 5.41) is 4.11. The van der Waals surface area contributed by atoms with Gasteiger partial charge in [0.1, 0.15) is 6.10 Å². The summed E-state index contributed by atoms with van der Waals surface area (Å²) in [6, 6.07) is 24.0. The van der Waals surface area contributed by atoms with Crippen molar-refractivity contribution in [3.8, 4) is 0 Å². The fraction of sp³-hybridized carbons (Fsp3) is 0.394. The van der Waals surface area contributed by atoms with E-state index in [0.29, 0.717) is 11.5 Å². The molecule has 1 aliphatic rings. The number of benzene rings is 3. The van der Waals surface area contributed by atoms with E-state index < -0.39 is 16.0 Å². The summed E-state index contributed by atoms with van der Waals surface area (Å²) in [5.41, 5.74) is 3.64. The van der Waals surface area contributed by atoms with Crippen LogP contribution < -0.4 is 4.83 Å². The molecule has 3 aromatic carbocycles. The summed E-state index contributed by atoms with van der Waals surface area (Å²) in [6.45, 7) is 10.7. The van der Waals surface area contributed by atoms with Crippen LogP contribution in [0.25, 0.3) is 0 Å². The lowest BCUT2D eigenvalue weighted by atomic mass is 9.66. The minimum absolute atomic E-state index is 0.0696. The van der Waals surface area contributed by atoms with Gasteiger partial charge in [-0.15, -0.1) is 0 Å². The van der Waals surface area contributed by atoms with E-state index in [1.54, 1.807) is 36.4 Å². The minimum Gasteiger partial charge on any atom is -0.457 e. The van der Waals surface area contributed by atoms with Gasteiger partial charge in [0, 0.05) is 11.5 Å². The molecular formula is C33H40N2O4S. The molecule has 0 aliphatic heterocycles. The molecule has 4 rings (SSSR count). The van der Waals surface area contributed by atoms with Gasteiger partial charge in [-0.25, -0.2) is 4.79 Å². The summed E-state index contributed by atoms with van der Waals surface area (Å²) in [7, 11) is -3.97. The largest absolute Gasteiger partial charge is 0.457 e. The second-order valence-corrected chi connectivity index (χ2v) is 13.2. The molecule has 40 heavy (non-hydrogen) atoms. The second kappa shape index (κ2) is 12.4. The van der Waals surface area contributed by atoms with Crippen LogP contribution in [0, 0.1) is 12.8 Å². The van der Waals surface area contributed by atoms with Crippen molar-refractivity contribution >= 4 is 21.7 Å². The Kier molecular flexibility index (Phi) is 9.14. The highest BCUT2D eigenvalue weighted by Crippen LogP contribution is 2.42. The maximum Gasteiger partial charge on any atom is 0.359 e. The summed E-state index contributed by atoms with van der Waals surface area (Å²) >= 11 is 0. The van der Waals surface area contributed by atoms with Gasteiger partial charge in [-0.2, -0.15) is 18.4 Å². The quantitative estimate of drug-likeness (QED) is 0.176. The van der Waals surface area contributed by atoms with Crippen LogP contribution >= 0.6 is 0 Å². The van der Waals surface area contributed by atoms with E-state index in [2.05, 4.69) is 61.9 Å². The Morgan fingerprint density at radius 1 is 0.925 bits per heavy atom.